The van der Waals surface area contributed by atoms with Crippen LogP contribution in [-0.4, -0.2) is 55.0 Å². The second-order valence-electron chi connectivity index (χ2n) is 7.93. The normalized spacial score (nSPS) is 13.5. The maximum absolute atomic E-state index is 13.0. The number of carbonyl (C=O) groups is 3. The lowest BCUT2D eigenvalue weighted by atomic mass is 10.1. The monoisotopic (exact) mass is 471 g/mol. The predicted octanol–water partition coefficient (Wildman–Crippen LogP) is 3.51. The Morgan fingerprint density at radius 2 is 1.39 bits per heavy atom. The predicted molar refractivity (Wildman–Crippen MR) is 125 cm³/mol. The van der Waals surface area contributed by atoms with Gasteiger partial charge in [0.25, 0.3) is 11.8 Å². The van der Waals surface area contributed by atoms with Gasteiger partial charge in [-0.2, -0.15) is 4.31 Å². The van der Waals surface area contributed by atoms with Gasteiger partial charge in [0.15, 0.2) is 0 Å². The van der Waals surface area contributed by atoms with E-state index < -0.39 is 34.3 Å². The number of nitrogens with one attached hydrogen (secondary N) is 1. The summed E-state index contributed by atoms with van der Waals surface area (Å²) in [6, 6.07) is 12.4. The van der Waals surface area contributed by atoms with Crippen LogP contribution in [-0.2, 0) is 14.8 Å². The topological polar surface area (TPSA) is 104 Å². The summed E-state index contributed by atoms with van der Waals surface area (Å²) in [6.07, 6.45) is 3.37. The minimum atomic E-state index is -3.63. The summed E-state index contributed by atoms with van der Waals surface area (Å²) < 4.78 is 27.6. The molecule has 1 heterocycles. The number of sulfonamides is 1. The lowest BCUT2D eigenvalue weighted by Gasteiger charge is -2.22. The van der Waals surface area contributed by atoms with Crippen LogP contribution in [0.25, 0.3) is 0 Å². The number of fused-ring (bicyclic) bond motifs is 1. The van der Waals surface area contributed by atoms with E-state index in [-0.39, 0.29) is 16.0 Å². The molecule has 33 heavy (non-hydrogen) atoms. The maximum atomic E-state index is 13.0. The van der Waals surface area contributed by atoms with Gasteiger partial charge in [-0.05, 0) is 49.2 Å². The highest BCUT2D eigenvalue weighted by atomic mass is 32.2. The van der Waals surface area contributed by atoms with Crippen molar-refractivity contribution in [2.75, 3.05) is 25.0 Å². The van der Waals surface area contributed by atoms with E-state index in [1.807, 2.05) is 13.8 Å². The Morgan fingerprint density at radius 1 is 0.879 bits per heavy atom. The Balaban J connectivity index is 1.66. The number of amides is 3. The van der Waals surface area contributed by atoms with E-state index in [0.29, 0.717) is 18.8 Å². The van der Waals surface area contributed by atoms with Crippen LogP contribution >= 0.6 is 0 Å². The van der Waals surface area contributed by atoms with Crippen LogP contribution in [0.3, 0.4) is 0 Å². The SMILES string of the molecule is CCCCN(CCCC)S(=O)(=O)c1ccc(NC(=O)CN2C(=O)c3ccccc3C2=O)cc1. The van der Waals surface area contributed by atoms with Gasteiger partial charge < -0.3 is 5.32 Å². The number of anilines is 1. The molecule has 9 heteroatoms. The zero-order valence-electron chi connectivity index (χ0n) is 18.9. The molecular formula is C24H29N3O5S. The average Bonchev–Trinajstić information content (AvgIpc) is 3.04. The van der Waals surface area contributed by atoms with Crippen molar-refractivity contribution in [3.05, 3.63) is 59.7 Å². The summed E-state index contributed by atoms with van der Waals surface area (Å²) >= 11 is 0. The Bertz CT molecular complexity index is 1090. The molecule has 8 nitrogen and oxygen atoms in total. The van der Waals surface area contributed by atoms with E-state index in [9.17, 15) is 22.8 Å². The lowest BCUT2D eigenvalue weighted by Crippen LogP contribution is -2.37. The standard InChI is InChI=1S/C24H29N3O5S/c1-3-5-15-26(16-6-4-2)33(31,32)19-13-11-18(12-14-19)25-22(28)17-27-23(29)20-9-7-8-10-21(20)24(27)30/h7-14H,3-6,15-17H2,1-2H3,(H,25,28). The number of rotatable bonds is 11. The van der Waals surface area contributed by atoms with Crippen molar-refractivity contribution in [3.63, 3.8) is 0 Å². The molecule has 1 N–H and O–H groups in total. The molecule has 0 fully saturated rings. The Kier molecular flexibility index (Phi) is 7.99. The molecule has 1 aliphatic rings. The first kappa shape index (κ1) is 24.6. The molecule has 0 spiro atoms. The first-order chi connectivity index (χ1) is 15.8. The van der Waals surface area contributed by atoms with Crippen LogP contribution in [0.4, 0.5) is 5.69 Å². The second-order valence-corrected chi connectivity index (χ2v) is 9.86. The van der Waals surface area contributed by atoms with Gasteiger partial charge in [-0.25, -0.2) is 8.42 Å². The molecule has 2 aromatic rings. The molecule has 3 amide bonds. The van der Waals surface area contributed by atoms with Gasteiger partial charge in [-0.1, -0.05) is 38.8 Å². The number of hydrogen-bond donors (Lipinski definition) is 1. The van der Waals surface area contributed by atoms with E-state index >= 15 is 0 Å². The number of imide groups is 1. The highest BCUT2D eigenvalue weighted by Crippen LogP contribution is 2.23. The Morgan fingerprint density at radius 3 is 1.88 bits per heavy atom. The third kappa shape index (κ3) is 5.48. The zero-order valence-corrected chi connectivity index (χ0v) is 19.7. The molecule has 0 radical (unpaired) electrons. The molecule has 3 rings (SSSR count). The van der Waals surface area contributed by atoms with E-state index in [2.05, 4.69) is 5.32 Å². The fourth-order valence-electron chi connectivity index (χ4n) is 3.61. The molecule has 0 bridgehead atoms. The lowest BCUT2D eigenvalue weighted by molar-refractivity contribution is -0.116. The van der Waals surface area contributed by atoms with E-state index in [4.69, 9.17) is 0 Å². The highest BCUT2D eigenvalue weighted by molar-refractivity contribution is 7.89. The van der Waals surface area contributed by atoms with Crippen molar-refractivity contribution in [1.29, 1.82) is 0 Å². The summed E-state index contributed by atoms with van der Waals surface area (Å²) in [5, 5.41) is 2.62. The number of unbranched alkanes of at least 4 members (excludes halogenated alkanes) is 2. The van der Waals surface area contributed by atoms with E-state index in [1.165, 1.54) is 28.6 Å². The fourth-order valence-corrected chi connectivity index (χ4v) is 5.12. The summed E-state index contributed by atoms with van der Waals surface area (Å²) in [7, 11) is -3.63. The van der Waals surface area contributed by atoms with Crippen molar-refractivity contribution in [2.24, 2.45) is 0 Å². The van der Waals surface area contributed by atoms with E-state index in [1.54, 1.807) is 24.3 Å². The maximum Gasteiger partial charge on any atom is 0.262 e. The zero-order chi connectivity index (χ0) is 24.0. The van der Waals surface area contributed by atoms with Crippen molar-refractivity contribution in [2.45, 2.75) is 44.4 Å². The third-order valence-corrected chi connectivity index (χ3v) is 7.39. The van der Waals surface area contributed by atoms with Gasteiger partial charge in [0, 0.05) is 18.8 Å². The van der Waals surface area contributed by atoms with Gasteiger partial charge in [0.1, 0.15) is 6.54 Å². The van der Waals surface area contributed by atoms with Crippen LogP contribution in [0.1, 0.15) is 60.2 Å². The van der Waals surface area contributed by atoms with Crippen LogP contribution in [0.2, 0.25) is 0 Å². The van der Waals surface area contributed by atoms with Gasteiger partial charge >= 0.3 is 0 Å². The molecule has 0 saturated carbocycles. The van der Waals surface area contributed by atoms with Gasteiger partial charge in [-0.15, -0.1) is 0 Å². The first-order valence-corrected chi connectivity index (χ1v) is 12.6. The summed E-state index contributed by atoms with van der Waals surface area (Å²) in [5.41, 5.74) is 0.936. The quantitative estimate of drug-likeness (QED) is 0.505. The number of carbonyl (C=O) groups excluding carboxylic acids is 3. The fraction of sp³-hybridized carbons (Fsp3) is 0.375. The van der Waals surface area contributed by atoms with Crippen molar-refractivity contribution in [3.8, 4) is 0 Å². The third-order valence-electron chi connectivity index (χ3n) is 5.48. The molecule has 0 unspecified atom stereocenters. The highest BCUT2D eigenvalue weighted by Gasteiger charge is 2.36. The number of nitrogens with zero attached hydrogens (tertiary/aromatic N) is 2. The molecule has 176 valence electrons. The van der Waals surface area contributed by atoms with Crippen molar-refractivity contribution in [1.82, 2.24) is 9.21 Å². The minimum absolute atomic E-state index is 0.160. The summed E-state index contributed by atoms with van der Waals surface area (Å²) in [4.78, 5) is 38.3. The molecule has 0 saturated heterocycles. The number of benzene rings is 2. The molecule has 2 aromatic carbocycles. The smallest absolute Gasteiger partial charge is 0.262 e. The second kappa shape index (κ2) is 10.7. The van der Waals surface area contributed by atoms with Gasteiger partial charge in [0.2, 0.25) is 15.9 Å². The number of hydrogen-bond acceptors (Lipinski definition) is 5. The summed E-state index contributed by atoms with van der Waals surface area (Å²) in [6.45, 7) is 4.55. The largest absolute Gasteiger partial charge is 0.325 e. The van der Waals surface area contributed by atoms with Crippen LogP contribution in [0.15, 0.2) is 53.4 Å². The van der Waals surface area contributed by atoms with Gasteiger partial charge in [-0.3, -0.25) is 19.3 Å². The van der Waals surface area contributed by atoms with E-state index in [0.717, 1.165) is 30.6 Å². The average molecular weight is 472 g/mol. The molecular weight excluding hydrogens is 442 g/mol. The van der Waals surface area contributed by atoms with Crippen molar-refractivity contribution < 1.29 is 22.8 Å². The van der Waals surface area contributed by atoms with Crippen molar-refractivity contribution >= 4 is 33.4 Å². The van der Waals surface area contributed by atoms with Crippen LogP contribution < -0.4 is 5.32 Å². The van der Waals surface area contributed by atoms with Crippen LogP contribution in [0.5, 0.6) is 0 Å². The summed E-state index contributed by atoms with van der Waals surface area (Å²) in [5.74, 6) is -1.56. The molecule has 1 aliphatic heterocycles. The van der Waals surface area contributed by atoms with Gasteiger partial charge in [0.05, 0.1) is 16.0 Å². The molecule has 0 atom stereocenters. The van der Waals surface area contributed by atoms with Crippen LogP contribution in [0, 0.1) is 0 Å². The first-order valence-electron chi connectivity index (χ1n) is 11.1. The Labute approximate surface area is 194 Å². The minimum Gasteiger partial charge on any atom is -0.325 e. The molecule has 0 aromatic heterocycles. The Hall–Kier alpha value is -3.04. The molecule has 0 aliphatic carbocycles.